The molecule has 1 aromatic heterocycles. The molecule has 1 aromatic rings. The summed E-state index contributed by atoms with van der Waals surface area (Å²) in [7, 11) is 0. The molecule has 0 fully saturated rings. The number of carbonyl (C=O) groups is 2. The molecule has 3 atom stereocenters. The molecule has 0 spiro atoms. The molecule has 0 aromatic carbocycles. The van der Waals surface area contributed by atoms with E-state index in [1.807, 2.05) is 0 Å². The first-order chi connectivity index (χ1) is 16.2. The van der Waals surface area contributed by atoms with Crippen LogP contribution < -0.4 is 0 Å². The number of hydrogen-bond acceptors (Lipinski definition) is 8. The van der Waals surface area contributed by atoms with Crippen LogP contribution in [0.4, 0.5) is 0 Å². The Balaban J connectivity index is 2.23. The molecule has 10 nitrogen and oxygen atoms in total. The average molecular weight is 479 g/mol. The highest BCUT2D eigenvalue weighted by Gasteiger charge is 2.30. The monoisotopic (exact) mass is 478 g/mol. The van der Waals surface area contributed by atoms with Crippen molar-refractivity contribution >= 4 is 11.8 Å². The van der Waals surface area contributed by atoms with Gasteiger partial charge >= 0.3 is 0 Å². The minimum absolute atomic E-state index is 0.0772. The second-order valence-corrected chi connectivity index (χ2v) is 8.92. The summed E-state index contributed by atoms with van der Waals surface area (Å²) >= 11 is 0. The van der Waals surface area contributed by atoms with Crippen LogP contribution in [0.2, 0.25) is 0 Å². The van der Waals surface area contributed by atoms with Gasteiger partial charge in [-0.1, -0.05) is 26.0 Å². The lowest BCUT2D eigenvalue weighted by Gasteiger charge is -2.33. The van der Waals surface area contributed by atoms with Crippen molar-refractivity contribution in [1.82, 2.24) is 19.8 Å². The highest BCUT2D eigenvalue weighted by molar-refractivity contribution is 5.92. The average Bonchev–Trinajstić information content (AvgIpc) is 2.79. The molecule has 2 amide bonds. The van der Waals surface area contributed by atoms with Gasteiger partial charge in [-0.15, -0.1) is 0 Å². The van der Waals surface area contributed by atoms with Crippen LogP contribution in [0.25, 0.3) is 0 Å². The van der Waals surface area contributed by atoms with Crippen LogP contribution in [0.15, 0.2) is 24.5 Å². The second-order valence-electron chi connectivity index (χ2n) is 8.92. The molecule has 1 aliphatic rings. The van der Waals surface area contributed by atoms with E-state index in [9.17, 15) is 19.8 Å². The summed E-state index contributed by atoms with van der Waals surface area (Å²) in [4.78, 5) is 36.9. The lowest BCUT2D eigenvalue weighted by molar-refractivity contribution is -0.139. The fourth-order valence-corrected chi connectivity index (χ4v) is 3.43. The zero-order chi connectivity index (χ0) is 25.1. The number of aryl methyl sites for hydroxylation is 1. The van der Waals surface area contributed by atoms with E-state index >= 15 is 0 Å². The maximum absolute atomic E-state index is 13.1. The number of amides is 2. The first kappa shape index (κ1) is 27.8. The molecule has 10 heteroatoms. The number of carbonyl (C=O) groups excluding carboxylic acids is 2. The first-order valence-corrected chi connectivity index (χ1v) is 11.7. The molecule has 1 aliphatic heterocycles. The van der Waals surface area contributed by atoms with Crippen molar-refractivity contribution in [2.75, 3.05) is 46.0 Å². The zero-order valence-corrected chi connectivity index (χ0v) is 20.6. The van der Waals surface area contributed by atoms with Crippen molar-refractivity contribution in [2.24, 2.45) is 5.92 Å². The van der Waals surface area contributed by atoms with Crippen LogP contribution in [0.1, 0.15) is 43.4 Å². The fraction of sp³-hybridized carbons (Fsp3) is 0.667. The lowest BCUT2D eigenvalue weighted by Crippen LogP contribution is -2.50. The Kier molecular flexibility index (Phi) is 11.5. The van der Waals surface area contributed by atoms with Crippen LogP contribution in [0.3, 0.4) is 0 Å². The summed E-state index contributed by atoms with van der Waals surface area (Å²) in [6.07, 6.45) is 4.11. The molecular weight excluding hydrogens is 440 g/mol. The van der Waals surface area contributed by atoms with Gasteiger partial charge in [0.25, 0.3) is 5.91 Å². The number of ether oxygens (including phenoxy) is 2. The molecule has 2 N–H and O–H groups in total. The van der Waals surface area contributed by atoms with Gasteiger partial charge in [0.15, 0.2) is 0 Å². The quantitative estimate of drug-likeness (QED) is 0.596. The van der Waals surface area contributed by atoms with Gasteiger partial charge in [0.05, 0.1) is 25.1 Å². The highest BCUT2D eigenvalue weighted by atomic mass is 16.5. The number of nitrogens with zero attached hydrogens (tertiary/aromatic N) is 4. The number of rotatable bonds is 5. The summed E-state index contributed by atoms with van der Waals surface area (Å²) in [5.74, 6) is -0.109. The van der Waals surface area contributed by atoms with Gasteiger partial charge in [-0.25, -0.2) is 4.98 Å². The minimum Gasteiger partial charge on any atom is -0.388 e. The zero-order valence-electron chi connectivity index (χ0n) is 20.6. The topological polar surface area (TPSA) is 125 Å². The standard InChI is InChI=1S/C24H38N4O6/c1-17(2)7-12-34-22-15-28(19(4)29)10-9-27(24(32)20-14-25-13-18(3)26-20)8-5-6-11-33-16-21(30)23(22)31/h5-6,13-14,17,21-23,30-31H,7-12,15-16H2,1-4H3/b6-5-/t21-,22-,23-/m0/s1. The van der Waals surface area contributed by atoms with Crippen LogP contribution in [0.5, 0.6) is 0 Å². The van der Waals surface area contributed by atoms with Gasteiger partial charge in [0.2, 0.25) is 5.91 Å². The molecule has 0 bridgehead atoms. The Hall–Kier alpha value is -2.40. The maximum Gasteiger partial charge on any atom is 0.274 e. The Labute approximate surface area is 201 Å². The molecule has 2 heterocycles. The number of aliphatic hydroxyl groups is 2. The van der Waals surface area contributed by atoms with E-state index < -0.39 is 18.3 Å². The second kappa shape index (κ2) is 14.1. The van der Waals surface area contributed by atoms with Gasteiger partial charge in [-0.3, -0.25) is 14.6 Å². The molecule has 190 valence electrons. The highest BCUT2D eigenvalue weighted by Crippen LogP contribution is 2.12. The van der Waals surface area contributed by atoms with Crippen molar-refractivity contribution in [3.8, 4) is 0 Å². The molecular formula is C24H38N4O6. The third kappa shape index (κ3) is 9.09. The van der Waals surface area contributed by atoms with Crippen molar-refractivity contribution in [3.05, 3.63) is 35.9 Å². The van der Waals surface area contributed by atoms with E-state index in [1.54, 1.807) is 30.2 Å². The van der Waals surface area contributed by atoms with Crippen LogP contribution in [-0.4, -0.2) is 106 Å². The Morgan fingerprint density at radius 3 is 2.62 bits per heavy atom. The Morgan fingerprint density at radius 1 is 1.21 bits per heavy atom. The third-order valence-corrected chi connectivity index (χ3v) is 5.54. The third-order valence-electron chi connectivity index (χ3n) is 5.54. The number of aromatic nitrogens is 2. The maximum atomic E-state index is 13.1. The normalized spacial score (nSPS) is 24.0. The number of hydrogen-bond donors (Lipinski definition) is 2. The largest absolute Gasteiger partial charge is 0.388 e. The molecule has 0 unspecified atom stereocenters. The number of aliphatic hydroxyl groups excluding tert-OH is 2. The summed E-state index contributed by atoms with van der Waals surface area (Å²) in [5, 5.41) is 21.1. The van der Waals surface area contributed by atoms with Crippen LogP contribution >= 0.6 is 0 Å². The van der Waals surface area contributed by atoms with Crippen molar-refractivity contribution in [3.63, 3.8) is 0 Å². The Bertz CT molecular complexity index is 818. The van der Waals surface area contributed by atoms with Crippen molar-refractivity contribution in [2.45, 2.75) is 52.4 Å². The summed E-state index contributed by atoms with van der Waals surface area (Å²) in [5.41, 5.74) is 0.866. The van der Waals surface area contributed by atoms with Gasteiger partial charge < -0.3 is 29.5 Å². The molecule has 0 radical (unpaired) electrons. The van der Waals surface area contributed by atoms with E-state index in [2.05, 4.69) is 23.8 Å². The predicted molar refractivity (Wildman–Crippen MR) is 126 cm³/mol. The Morgan fingerprint density at radius 2 is 1.94 bits per heavy atom. The van der Waals surface area contributed by atoms with E-state index in [1.165, 1.54) is 18.0 Å². The van der Waals surface area contributed by atoms with Gasteiger partial charge in [0.1, 0.15) is 24.0 Å². The summed E-state index contributed by atoms with van der Waals surface area (Å²) in [6.45, 7) is 8.69. The van der Waals surface area contributed by atoms with Crippen LogP contribution in [-0.2, 0) is 14.3 Å². The van der Waals surface area contributed by atoms with E-state index in [0.29, 0.717) is 24.8 Å². The molecule has 0 aliphatic carbocycles. The van der Waals surface area contributed by atoms with Gasteiger partial charge in [-0.2, -0.15) is 0 Å². The predicted octanol–water partition coefficient (Wildman–Crippen LogP) is 0.815. The SMILES string of the molecule is CC(=O)N1CCN(C(=O)c2cncc(C)n2)C/C=C\COC[C@H](O)[C@H](O)[C@@H](OCCC(C)C)C1. The fourth-order valence-electron chi connectivity index (χ4n) is 3.43. The van der Waals surface area contributed by atoms with E-state index in [-0.39, 0.29) is 50.4 Å². The van der Waals surface area contributed by atoms with Crippen LogP contribution in [0, 0.1) is 12.8 Å². The van der Waals surface area contributed by atoms with Gasteiger partial charge in [-0.05, 0) is 19.3 Å². The van der Waals surface area contributed by atoms with E-state index in [4.69, 9.17) is 9.47 Å². The summed E-state index contributed by atoms with van der Waals surface area (Å²) < 4.78 is 11.4. The molecule has 34 heavy (non-hydrogen) atoms. The minimum atomic E-state index is -1.23. The lowest BCUT2D eigenvalue weighted by atomic mass is 10.1. The molecule has 0 saturated heterocycles. The summed E-state index contributed by atoms with van der Waals surface area (Å²) in [6, 6.07) is 0. The molecule has 2 rings (SSSR count). The molecule has 0 saturated carbocycles. The van der Waals surface area contributed by atoms with Gasteiger partial charge in [0, 0.05) is 45.9 Å². The first-order valence-electron chi connectivity index (χ1n) is 11.7. The van der Waals surface area contributed by atoms with E-state index in [0.717, 1.165) is 6.42 Å². The van der Waals surface area contributed by atoms with Crippen molar-refractivity contribution in [1.29, 1.82) is 0 Å². The smallest absolute Gasteiger partial charge is 0.274 e. The van der Waals surface area contributed by atoms with Crippen molar-refractivity contribution < 1.29 is 29.3 Å².